The molecule has 0 saturated carbocycles. The lowest BCUT2D eigenvalue weighted by molar-refractivity contribution is 0.172. The second-order valence-electron chi connectivity index (χ2n) is 6.97. The van der Waals surface area contributed by atoms with Crippen LogP contribution in [-0.2, 0) is 11.3 Å². The highest BCUT2D eigenvalue weighted by Gasteiger charge is 2.02. The van der Waals surface area contributed by atoms with Crippen LogP contribution in [0.25, 0.3) is 0 Å². The zero-order valence-electron chi connectivity index (χ0n) is 18.7. The molecule has 0 bridgehead atoms. The summed E-state index contributed by atoms with van der Waals surface area (Å²) in [6.07, 6.45) is 2.66. The number of aryl methyl sites for hydroxylation is 1. The van der Waals surface area contributed by atoms with Crippen molar-refractivity contribution >= 4 is 35.6 Å². The quantitative estimate of drug-likeness (QED) is 0.183. The van der Waals surface area contributed by atoms with E-state index in [1.54, 1.807) is 19.2 Å². The second-order valence-corrected chi connectivity index (χ2v) is 6.97. The zero-order chi connectivity index (χ0) is 21.6. The van der Waals surface area contributed by atoms with E-state index in [0.717, 1.165) is 48.9 Å². The molecular weight excluding hydrogens is 507 g/mol. The fraction of sp³-hybridized carbons (Fsp3) is 0.478. The maximum Gasteiger partial charge on any atom is 0.250 e. The molecule has 0 aliphatic rings. The molecule has 2 aromatic rings. The van der Waals surface area contributed by atoms with Crippen molar-refractivity contribution in [2.75, 3.05) is 38.7 Å². The molecular formula is C23H35IN4O3. The van der Waals surface area contributed by atoms with Crippen LogP contribution >= 0.6 is 24.0 Å². The fourth-order valence-corrected chi connectivity index (χ4v) is 2.98. The second kappa shape index (κ2) is 15.7. The van der Waals surface area contributed by atoms with E-state index >= 15 is 0 Å². The highest BCUT2D eigenvalue weighted by atomic mass is 127. The Kier molecular flexibility index (Phi) is 13.6. The summed E-state index contributed by atoms with van der Waals surface area (Å²) in [4.78, 5) is 16.6. The molecule has 1 aromatic heterocycles. The number of rotatable bonds is 12. The van der Waals surface area contributed by atoms with Crippen LogP contribution in [0.3, 0.4) is 0 Å². The van der Waals surface area contributed by atoms with Gasteiger partial charge in [-0.3, -0.25) is 9.79 Å². The van der Waals surface area contributed by atoms with Crippen LogP contribution in [0.4, 0.5) is 5.69 Å². The third-order valence-corrected chi connectivity index (χ3v) is 4.53. The summed E-state index contributed by atoms with van der Waals surface area (Å²) < 4.78 is 12.6. The molecule has 7 nitrogen and oxygen atoms in total. The summed E-state index contributed by atoms with van der Waals surface area (Å²) in [6, 6.07) is 13.2. The van der Waals surface area contributed by atoms with Crippen LogP contribution in [0.15, 0.2) is 52.3 Å². The summed E-state index contributed by atoms with van der Waals surface area (Å²) in [5.74, 6) is 1.55. The predicted molar refractivity (Wildman–Crippen MR) is 138 cm³/mol. The van der Waals surface area contributed by atoms with E-state index in [2.05, 4.69) is 15.6 Å². The molecule has 0 amide bonds. The molecule has 1 aromatic carbocycles. The number of benzene rings is 1. The Balaban J connectivity index is 0.00000480. The number of hydrogen-bond acceptors (Lipinski definition) is 4. The molecule has 0 spiro atoms. The van der Waals surface area contributed by atoms with Gasteiger partial charge in [-0.2, -0.15) is 0 Å². The first kappa shape index (κ1) is 27.0. The molecule has 0 aliphatic carbocycles. The predicted octanol–water partition coefficient (Wildman–Crippen LogP) is 4.05. The van der Waals surface area contributed by atoms with Crippen molar-refractivity contribution in [2.24, 2.45) is 4.99 Å². The minimum atomic E-state index is 0. The van der Waals surface area contributed by atoms with Crippen LogP contribution in [0, 0.1) is 6.92 Å². The maximum atomic E-state index is 11.9. The topological polar surface area (TPSA) is 76.9 Å². The van der Waals surface area contributed by atoms with Gasteiger partial charge in [0.1, 0.15) is 5.75 Å². The SMILES string of the molecule is CCNC(=NCCCCn1c(C)cccc1=O)Nc1cccc(OCCCOC)c1.I. The third-order valence-electron chi connectivity index (χ3n) is 4.53. The summed E-state index contributed by atoms with van der Waals surface area (Å²) in [5.41, 5.74) is 1.97. The van der Waals surface area contributed by atoms with Crippen molar-refractivity contribution < 1.29 is 9.47 Å². The van der Waals surface area contributed by atoms with E-state index in [4.69, 9.17) is 9.47 Å². The number of anilines is 1. The Morgan fingerprint density at radius 3 is 2.65 bits per heavy atom. The van der Waals surface area contributed by atoms with Gasteiger partial charge in [-0.1, -0.05) is 12.1 Å². The van der Waals surface area contributed by atoms with Crippen molar-refractivity contribution in [3.8, 4) is 5.75 Å². The third kappa shape index (κ3) is 10.2. The van der Waals surface area contributed by atoms with Crippen LogP contribution in [0.2, 0.25) is 0 Å². The number of pyridine rings is 1. The lowest BCUT2D eigenvalue weighted by Crippen LogP contribution is -2.30. The minimum absolute atomic E-state index is 0. The van der Waals surface area contributed by atoms with Crippen LogP contribution in [0.1, 0.15) is 31.9 Å². The molecule has 31 heavy (non-hydrogen) atoms. The normalized spacial score (nSPS) is 11.0. The Morgan fingerprint density at radius 1 is 1.10 bits per heavy atom. The maximum absolute atomic E-state index is 11.9. The number of methoxy groups -OCH3 is 1. The first-order valence-electron chi connectivity index (χ1n) is 10.6. The lowest BCUT2D eigenvalue weighted by Gasteiger charge is -2.13. The van der Waals surface area contributed by atoms with Crippen molar-refractivity contribution in [3.63, 3.8) is 0 Å². The molecule has 0 unspecified atom stereocenters. The number of aromatic nitrogens is 1. The van der Waals surface area contributed by atoms with Gasteiger partial charge in [-0.05, 0) is 44.9 Å². The van der Waals surface area contributed by atoms with E-state index in [1.807, 2.05) is 48.7 Å². The Labute approximate surface area is 202 Å². The van der Waals surface area contributed by atoms with Gasteiger partial charge in [-0.15, -0.1) is 24.0 Å². The number of guanidine groups is 1. The Bertz CT molecular complexity index is 855. The van der Waals surface area contributed by atoms with Gasteiger partial charge in [0.05, 0.1) is 6.61 Å². The van der Waals surface area contributed by atoms with E-state index in [1.165, 1.54) is 0 Å². The standard InChI is InChI=1S/C23H34N4O3.HI/c1-4-24-23(25-14-5-6-15-27-19(2)10-7-13-22(27)28)26-20-11-8-12-21(18-20)30-17-9-16-29-3;/h7-8,10-13,18H,4-6,9,14-17H2,1-3H3,(H2,24,25,26);1H. The monoisotopic (exact) mass is 542 g/mol. The van der Waals surface area contributed by atoms with Crippen molar-refractivity contribution in [2.45, 2.75) is 39.7 Å². The molecule has 0 atom stereocenters. The molecule has 172 valence electrons. The average molecular weight is 542 g/mol. The van der Waals surface area contributed by atoms with Gasteiger partial charge in [0.15, 0.2) is 5.96 Å². The van der Waals surface area contributed by atoms with Gasteiger partial charge in [0.25, 0.3) is 5.56 Å². The van der Waals surface area contributed by atoms with Crippen molar-refractivity contribution in [1.29, 1.82) is 0 Å². The fourth-order valence-electron chi connectivity index (χ4n) is 2.98. The summed E-state index contributed by atoms with van der Waals surface area (Å²) in [7, 11) is 1.69. The van der Waals surface area contributed by atoms with Gasteiger partial charge < -0.3 is 24.7 Å². The molecule has 2 rings (SSSR count). The van der Waals surface area contributed by atoms with E-state index in [0.29, 0.717) is 26.3 Å². The smallest absolute Gasteiger partial charge is 0.250 e. The number of unbranched alkanes of at least 4 members (excludes halogenated alkanes) is 1. The summed E-state index contributed by atoms with van der Waals surface area (Å²) >= 11 is 0. The molecule has 0 aliphatic heterocycles. The van der Waals surface area contributed by atoms with Crippen LogP contribution in [-0.4, -0.2) is 43.9 Å². The highest BCUT2D eigenvalue weighted by Crippen LogP contribution is 2.17. The first-order valence-corrected chi connectivity index (χ1v) is 10.6. The number of ether oxygens (including phenoxy) is 2. The minimum Gasteiger partial charge on any atom is -0.493 e. The van der Waals surface area contributed by atoms with Crippen LogP contribution in [0.5, 0.6) is 5.75 Å². The van der Waals surface area contributed by atoms with E-state index < -0.39 is 0 Å². The first-order chi connectivity index (χ1) is 14.6. The molecule has 1 heterocycles. The van der Waals surface area contributed by atoms with Gasteiger partial charge in [0.2, 0.25) is 0 Å². The van der Waals surface area contributed by atoms with Crippen molar-refractivity contribution in [1.82, 2.24) is 9.88 Å². The Morgan fingerprint density at radius 2 is 1.90 bits per heavy atom. The number of halogens is 1. The van der Waals surface area contributed by atoms with E-state index in [9.17, 15) is 4.79 Å². The number of aliphatic imine (C=N–C) groups is 1. The summed E-state index contributed by atoms with van der Waals surface area (Å²) in [5, 5.41) is 6.59. The summed E-state index contributed by atoms with van der Waals surface area (Å²) in [6.45, 7) is 7.48. The number of nitrogens with one attached hydrogen (secondary N) is 2. The van der Waals surface area contributed by atoms with Gasteiger partial charge in [0, 0.05) is 63.3 Å². The Hall–Kier alpha value is -2.07. The molecule has 8 heteroatoms. The number of hydrogen-bond donors (Lipinski definition) is 2. The van der Waals surface area contributed by atoms with Crippen LogP contribution < -0.4 is 20.9 Å². The molecule has 0 saturated heterocycles. The van der Waals surface area contributed by atoms with Gasteiger partial charge >= 0.3 is 0 Å². The number of nitrogens with zero attached hydrogens (tertiary/aromatic N) is 2. The zero-order valence-corrected chi connectivity index (χ0v) is 21.1. The van der Waals surface area contributed by atoms with Crippen molar-refractivity contribution in [3.05, 3.63) is 58.5 Å². The van der Waals surface area contributed by atoms with Gasteiger partial charge in [-0.25, -0.2) is 0 Å². The molecule has 0 radical (unpaired) electrons. The molecule has 0 fully saturated rings. The average Bonchev–Trinajstić information content (AvgIpc) is 2.73. The molecule has 2 N–H and O–H groups in total. The van der Waals surface area contributed by atoms with E-state index in [-0.39, 0.29) is 29.5 Å². The largest absolute Gasteiger partial charge is 0.493 e. The highest BCUT2D eigenvalue weighted by molar-refractivity contribution is 14.0. The lowest BCUT2D eigenvalue weighted by atomic mass is 10.3.